The predicted molar refractivity (Wildman–Crippen MR) is 52.5 cm³/mol. The summed E-state index contributed by atoms with van der Waals surface area (Å²) in [5.74, 6) is -0.953. The predicted octanol–water partition coefficient (Wildman–Crippen LogP) is -0.362. The van der Waals surface area contributed by atoms with Gasteiger partial charge in [0.25, 0.3) is 20.9 Å². The molecular weight excluding hydrogens is 220 g/mol. The SMILES string of the molecule is NC1(S(=O)(=O)O)C(=O)Nc2ccccc21. The maximum absolute atomic E-state index is 11.4. The van der Waals surface area contributed by atoms with Crippen molar-refractivity contribution in [2.75, 3.05) is 5.32 Å². The number of hydrogen-bond donors (Lipinski definition) is 3. The molecule has 1 aromatic rings. The average molecular weight is 228 g/mol. The van der Waals surface area contributed by atoms with E-state index in [1.165, 1.54) is 18.2 Å². The van der Waals surface area contributed by atoms with Gasteiger partial charge in [-0.25, -0.2) is 0 Å². The van der Waals surface area contributed by atoms with Gasteiger partial charge in [-0.15, -0.1) is 0 Å². The van der Waals surface area contributed by atoms with Crippen molar-refractivity contribution in [2.24, 2.45) is 5.73 Å². The van der Waals surface area contributed by atoms with Gasteiger partial charge in [0.05, 0.1) is 0 Å². The lowest BCUT2D eigenvalue weighted by molar-refractivity contribution is -0.118. The van der Waals surface area contributed by atoms with Gasteiger partial charge in [-0.1, -0.05) is 18.2 Å². The van der Waals surface area contributed by atoms with E-state index < -0.39 is 20.9 Å². The molecule has 0 spiro atoms. The van der Waals surface area contributed by atoms with E-state index in [1.54, 1.807) is 6.07 Å². The molecule has 7 heteroatoms. The molecule has 0 saturated heterocycles. The zero-order valence-corrected chi connectivity index (χ0v) is 8.28. The first-order valence-electron chi connectivity index (χ1n) is 4.04. The van der Waals surface area contributed by atoms with Crippen molar-refractivity contribution in [1.29, 1.82) is 0 Å². The van der Waals surface area contributed by atoms with Crippen molar-refractivity contribution in [3.05, 3.63) is 29.8 Å². The first-order chi connectivity index (χ1) is 6.87. The summed E-state index contributed by atoms with van der Waals surface area (Å²) in [6, 6.07) is 6.04. The van der Waals surface area contributed by atoms with E-state index >= 15 is 0 Å². The van der Waals surface area contributed by atoms with Crippen LogP contribution in [0.3, 0.4) is 0 Å². The molecule has 4 N–H and O–H groups in total. The molecule has 1 aliphatic heterocycles. The highest BCUT2D eigenvalue weighted by Crippen LogP contribution is 2.36. The van der Waals surface area contributed by atoms with Gasteiger partial charge in [-0.05, 0) is 6.07 Å². The van der Waals surface area contributed by atoms with Crippen LogP contribution in [0.25, 0.3) is 0 Å². The summed E-state index contributed by atoms with van der Waals surface area (Å²) in [6.07, 6.45) is 0. The van der Waals surface area contributed by atoms with Crippen LogP contribution in [0, 0.1) is 0 Å². The molecule has 0 aliphatic carbocycles. The molecule has 0 radical (unpaired) electrons. The van der Waals surface area contributed by atoms with Gasteiger partial charge in [-0.3, -0.25) is 15.1 Å². The lowest BCUT2D eigenvalue weighted by Gasteiger charge is -2.17. The minimum absolute atomic E-state index is 0.0532. The van der Waals surface area contributed by atoms with Crippen LogP contribution in [-0.2, 0) is 19.8 Å². The van der Waals surface area contributed by atoms with Crippen LogP contribution in [0.15, 0.2) is 24.3 Å². The van der Waals surface area contributed by atoms with E-state index in [2.05, 4.69) is 5.32 Å². The molecule has 1 aromatic carbocycles. The van der Waals surface area contributed by atoms with Gasteiger partial charge in [0.1, 0.15) is 0 Å². The minimum Gasteiger partial charge on any atom is -0.323 e. The van der Waals surface area contributed by atoms with Gasteiger partial charge >= 0.3 is 0 Å². The largest absolute Gasteiger partial charge is 0.323 e. The Morgan fingerprint density at radius 2 is 1.93 bits per heavy atom. The Morgan fingerprint density at radius 1 is 1.33 bits per heavy atom. The first-order valence-corrected chi connectivity index (χ1v) is 5.48. The molecule has 1 unspecified atom stereocenters. The molecule has 15 heavy (non-hydrogen) atoms. The monoisotopic (exact) mass is 228 g/mol. The Balaban J connectivity index is 2.76. The highest BCUT2D eigenvalue weighted by atomic mass is 32.2. The maximum atomic E-state index is 11.4. The maximum Gasteiger partial charge on any atom is 0.297 e. The second-order valence-corrected chi connectivity index (χ2v) is 4.80. The molecule has 0 bridgehead atoms. The first kappa shape index (κ1) is 10.1. The lowest BCUT2D eigenvalue weighted by atomic mass is 10.1. The van der Waals surface area contributed by atoms with Crippen LogP contribution < -0.4 is 11.1 Å². The van der Waals surface area contributed by atoms with Gasteiger partial charge in [0, 0.05) is 11.3 Å². The number of rotatable bonds is 1. The number of hydrogen-bond acceptors (Lipinski definition) is 4. The Morgan fingerprint density at radius 3 is 2.53 bits per heavy atom. The van der Waals surface area contributed by atoms with E-state index in [1.807, 2.05) is 0 Å². The number of nitrogens with one attached hydrogen (secondary N) is 1. The van der Waals surface area contributed by atoms with E-state index in [-0.39, 0.29) is 5.56 Å². The smallest absolute Gasteiger partial charge is 0.297 e. The van der Waals surface area contributed by atoms with Crippen LogP contribution in [0.4, 0.5) is 5.69 Å². The van der Waals surface area contributed by atoms with E-state index in [0.717, 1.165) is 0 Å². The standard InChI is InChI=1S/C8H8N2O4S/c9-8(15(12,13)14)5-3-1-2-4-6(5)10-7(8)11/h1-4H,9H2,(H,10,11)(H,12,13,14). The summed E-state index contributed by atoms with van der Waals surface area (Å²) >= 11 is 0. The second kappa shape index (κ2) is 2.78. The Hall–Kier alpha value is -1.44. The molecule has 1 heterocycles. The molecule has 6 nitrogen and oxygen atoms in total. The molecule has 0 aromatic heterocycles. The number of benzene rings is 1. The van der Waals surface area contributed by atoms with Crippen LogP contribution >= 0.6 is 0 Å². The molecule has 0 fully saturated rings. The number of para-hydroxylation sites is 1. The summed E-state index contributed by atoms with van der Waals surface area (Å²) in [5, 5.41) is 2.29. The zero-order chi connectivity index (χ0) is 11.3. The van der Waals surface area contributed by atoms with Crippen molar-refractivity contribution >= 4 is 21.7 Å². The number of amides is 1. The number of carbonyl (C=O) groups is 1. The summed E-state index contributed by atoms with van der Waals surface area (Å²) in [6.45, 7) is 0. The zero-order valence-electron chi connectivity index (χ0n) is 7.47. The Labute approximate surface area is 85.8 Å². The number of nitrogens with two attached hydrogens (primary N) is 1. The van der Waals surface area contributed by atoms with Crippen LogP contribution in [0.2, 0.25) is 0 Å². The number of fused-ring (bicyclic) bond motifs is 1. The lowest BCUT2D eigenvalue weighted by Crippen LogP contribution is -2.50. The summed E-state index contributed by atoms with van der Waals surface area (Å²) < 4.78 is 31.2. The average Bonchev–Trinajstić information content (AvgIpc) is 2.40. The molecule has 0 saturated carbocycles. The highest BCUT2D eigenvalue weighted by Gasteiger charge is 2.53. The van der Waals surface area contributed by atoms with Crippen molar-refractivity contribution in [3.8, 4) is 0 Å². The van der Waals surface area contributed by atoms with Gasteiger partial charge < -0.3 is 5.32 Å². The molecule has 2 rings (SSSR count). The summed E-state index contributed by atoms with van der Waals surface area (Å²) in [5.41, 5.74) is 5.79. The van der Waals surface area contributed by atoms with Crippen LogP contribution in [0.1, 0.15) is 5.56 Å². The van der Waals surface area contributed by atoms with Crippen molar-refractivity contribution in [2.45, 2.75) is 4.87 Å². The quantitative estimate of drug-likeness (QED) is 0.568. The number of anilines is 1. The van der Waals surface area contributed by atoms with Gasteiger partial charge in [0.2, 0.25) is 0 Å². The van der Waals surface area contributed by atoms with Gasteiger partial charge in [-0.2, -0.15) is 8.42 Å². The Bertz CT molecular complexity index is 539. The highest BCUT2D eigenvalue weighted by molar-refractivity contribution is 7.87. The van der Waals surface area contributed by atoms with E-state index in [0.29, 0.717) is 5.69 Å². The molecule has 1 aliphatic rings. The molecule has 1 amide bonds. The van der Waals surface area contributed by atoms with Crippen molar-refractivity contribution in [3.63, 3.8) is 0 Å². The van der Waals surface area contributed by atoms with Crippen LogP contribution in [-0.4, -0.2) is 18.9 Å². The second-order valence-electron chi connectivity index (χ2n) is 3.21. The fourth-order valence-electron chi connectivity index (χ4n) is 1.51. The number of carbonyl (C=O) groups excluding carboxylic acids is 1. The summed E-state index contributed by atoms with van der Waals surface area (Å²) in [7, 11) is -4.70. The van der Waals surface area contributed by atoms with E-state index in [4.69, 9.17) is 10.3 Å². The topological polar surface area (TPSA) is 109 Å². The molecule has 1 atom stereocenters. The van der Waals surface area contributed by atoms with E-state index in [9.17, 15) is 13.2 Å². The third kappa shape index (κ3) is 1.17. The van der Waals surface area contributed by atoms with Gasteiger partial charge in [0.15, 0.2) is 0 Å². The minimum atomic E-state index is -4.70. The summed E-state index contributed by atoms with van der Waals surface area (Å²) in [4.78, 5) is 9.03. The normalized spacial score (nSPS) is 24.8. The third-order valence-corrected chi connectivity index (χ3v) is 3.54. The Kier molecular flexibility index (Phi) is 1.87. The third-order valence-electron chi connectivity index (χ3n) is 2.32. The van der Waals surface area contributed by atoms with Crippen LogP contribution in [0.5, 0.6) is 0 Å². The van der Waals surface area contributed by atoms with Crippen molar-refractivity contribution < 1.29 is 17.8 Å². The molecule has 80 valence electrons. The van der Waals surface area contributed by atoms with Crippen molar-refractivity contribution in [1.82, 2.24) is 0 Å². The fraction of sp³-hybridized carbons (Fsp3) is 0.125. The molecular formula is C8H8N2O4S. The fourth-order valence-corrected chi connectivity index (χ4v) is 2.25.